The molecule has 35 heavy (non-hydrogen) atoms. The number of esters is 2. The highest BCUT2D eigenvalue weighted by Gasteiger charge is 2.40. The number of aryl methyl sites for hydroxylation is 1. The number of hydrogen-bond acceptors (Lipinski definition) is 9. The smallest absolute Gasteiger partial charge is 0.377 e. The zero-order valence-corrected chi connectivity index (χ0v) is 20.4. The summed E-state index contributed by atoms with van der Waals surface area (Å²) < 4.78 is 29.3. The molecule has 1 aliphatic heterocycles. The van der Waals surface area contributed by atoms with Crippen molar-refractivity contribution in [2.75, 3.05) is 39.5 Å². The first kappa shape index (κ1) is 28.2. The van der Waals surface area contributed by atoms with Crippen molar-refractivity contribution >= 4 is 17.8 Å². The number of benzene rings is 1. The maximum atomic E-state index is 13.7. The Kier molecular flexibility index (Phi) is 11.1. The molecule has 0 unspecified atom stereocenters. The molecular weight excluding hydrogens is 461 g/mol. The third kappa shape index (κ3) is 8.30. The third-order valence-corrected chi connectivity index (χ3v) is 5.56. The second-order valence-corrected chi connectivity index (χ2v) is 7.96. The van der Waals surface area contributed by atoms with Crippen LogP contribution < -0.4 is 5.73 Å². The van der Waals surface area contributed by atoms with E-state index >= 15 is 0 Å². The Morgan fingerprint density at radius 3 is 2.54 bits per heavy atom. The predicted molar refractivity (Wildman–Crippen MR) is 125 cm³/mol. The van der Waals surface area contributed by atoms with Gasteiger partial charge in [-0.2, -0.15) is 0 Å². The molecule has 2 rings (SSSR count). The van der Waals surface area contributed by atoms with Gasteiger partial charge in [0.15, 0.2) is 5.84 Å². The van der Waals surface area contributed by atoms with Crippen molar-refractivity contribution < 1.29 is 38.1 Å². The van der Waals surface area contributed by atoms with Gasteiger partial charge in [-0.25, -0.2) is 14.0 Å². The Morgan fingerprint density at radius 2 is 1.91 bits per heavy atom. The fourth-order valence-electron chi connectivity index (χ4n) is 3.64. The Balaban J connectivity index is 2.16. The van der Waals surface area contributed by atoms with E-state index < -0.39 is 23.3 Å². The first-order valence-corrected chi connectivity index (χ1v) is 11.5. The minimum absolute atomic E-state index is 0.0165. The van der Waals surface area contributed by atoms with Crippen LogP contribution in [-0.2, 0) is 35.2 Å². The zero-order chi connectivity index (χ0) is 25.8. The van der Waals surface area contributed by atoms with E-state index in [0.717, 1.165) is 17.2 Å². The van der Waals surface area contributed by atoms with Crippen LogP contribution in [0.25, 0.3) is 0 Å². The minimum atomic E-state index is -1.06. The third-order valence-electron chi connectivity index (χ3n) is 5.56. The van der Waals surface area contributed by atoms with Gasteiger partial charge in [-0.1, -0.05) is 11.2 Å². The van der Waals surface area contributed by atoms with Crippen molar-refractivity contribution in [2.45, 2.75) is 45.8 Å². The lowest BCUT2D eigenvalue weighted by Crippen LogP contribution is -2.54. The number of ether oxygens (including phenoxy) is 3. The molecular formula is C24H34FN3O7. The number of carbonyl (C=O) groups is 2. The van der Waals surface area contributed by atoms with Crippen LogP contribution >= 0.6 is 0 Å². The van der Waals surface area contributed by atoms with E-state index in [-0.39, 0.29) is 38.1 Å². The number of piperidine rings is 1. The van der Waals surface area contributed by atoms with E-state index in [0.29, 0.717) is 32.5 Å². The molecule has 0 atom stereocenters. The second-order valence-electron chi connectivity index (χ2n) is 7.96. The molecule has 1 aromatic rings. The zero-order valence-electron chi connectivity index (χ0n) is 20.4. The molecule has 10 nitrogen and oxygen atoms in total. The van der Waals surface area contributed by atoms with Crippen molar-refractivity contribution in [3.63, 3.8) is 0 Å². The van der Waals surface area contributed by atoms with Crippen molar-refractivity contribution in [3.8, 4) is 0 Å². The highest BCUT2D eigenvalue weighted by molar-refractivity contribution is 5.95. The number of nitrogens with two attached hydrogens (primary N) is 1. The van der Waals surface area contributed by atoms with Crippen LogP contribution in [0.3, 0.4) is 0 Å². The van der Waals surface area contributed by atoms with E-state index in [2.05, 4.69) is 10.1 Å². The van der Waals surface area contributed by atoms with Gasteiger partial charge in [0.05, 0.1) is 32.5 Å². The lowest BCUT2D eigenvalue weighted by Gasteiger charge is -2.40. The first-order valence-electron chi connectivity index (χ1n) is 11.5. The van der Waals surface area contributed by atoms with Crippen molar-refractivity contribution in [3.05, 3.63) is 47.0 Å². The number of aliphatic hydroxyl groups is 1. The van der Waals surface area contributed by atoms with Crippen LogP contribution in [0, 0.1) is 12.7 Å². The first-order chi connectivity index (χ1) is 16.7. The van der Waals surface area contributed by atoms with Crippen LogP contribution in [-0.4, -0.2) is 72.9 Å². The number of aliphatic hydroxyl groups excluding tert-OH is 1. The summed E-state index contributed by atoms with van der Waals surface area (Å²) in [6, 6.07) is 4.70. The van der Waals surface area contributed by atoms with Crippen LogP contribution in [0.15, 0.2) is 35.2 Å². The summed E-state index contributed by atoms with van der Waals surface area (Å²) in [5, 5.41) is 13.2. The quantitative estimate of drug-likeness (QED) is 0.111. The van der Waals surface area contributed by atoms with Gasteiger partial charge in [0.1, 0.15) is 11.4 Å². The molecule has 0 spiro atoms. The topological polar surface area (TPSA) is 133 Å². The molecule has 0 bridgehead atoms. The predicted octanol–water partition coefficient (Wildman–Crippen LogP) is 1.78. The Bertz CT molecular complexity index is 928. The molecule has 0 aliphatic carbocycles. The van der Waals surface area contributed by atoms with Crippen molar-refractivity contribution in [2.24, 2.45) is 10.9 Å². The van der Waals surface area contributed by atoms with Gasteiger partial charge in [-0.05, 0) is 56.9 Å². The molecule has 11 heteroatoms. The number of rotatable bonds is 12. The summed E-state index contributed by atoms with van der Waals surface area (Å²) >= 11 is 0. The summed E-state index contributed by atoms with van der Waals surface area (Å²) in [6.07, 6.45) is 1.66. The number of nitrogens with zero attached hydrogens (tertiary/aromatic N) is 2. The molecule has 0 amide bonds. The van der Waals surface area contributed by atoms with Crippen LogP contribution in [0.4, 0.5) is 4.39 Å². The van der Waals surface area contributed by atoms with Gasteiger partial charge in [0.25, 0.3) is 0 Å². The van der Waals surface area contributed by atoms with Crippen LogP contribution in [0.2, 0.25) is 0 Å². The highest BCUT2D eigenvalue weighted by Crippen LogP contribution is 2.28. The summed E-state index contributed by atoms with van der Waals surface area (Å²) in [7, 11) is 0. The summed E-state index contributed by atoms with van der Waals surface area (Å²) in [5.41, 5.74) is 7.06. The van der Waals surface area contributed by atoms with E-state index in [4.69, 9.17) is 24.8 Å². The molecule has 1 saturated heterocycles. The van der Waals surface area contributed by atoms with E-state index in [1.54, 1.807) is 19.9 Å². The maximum absolute atomic E-state index is 13.7. The lowest BCUT2D eigenvalue weighted by molar-refractivity contribution is -0.144. The van der Waals surface area contributed by atoms with Crippen molar-refractivity contribution in [1.82, 2.24) is 4.90 Å². The molecule has 3 N–H and O–H groups in total. The second kappa shape index (κ2) is 13.8. The Morgan fingerprint density at radius 1 is 1.23 bits per heavy atom. The Labute approximate surface area is 204 Å². The van der Waals surface area contributed by atoms with Crippen molar-refractivity contribution in [1.29, 1.82) is 0 Å². The number of carbonyl (C=O) groups excluding carboxylic acids is 2. The molecule has 0 aromatic heterocycles. The van der Waals surface area contributed by atoms with Gasteiger partial charge >= 0.3 is 11.9 Å². The average molecular weight is 496 g/mol. The van der Waals surface area contributed by atoms with Gasteiger partial charge < -0.3 is 29.9 Å². The largest absolute Gasteiger partial charge is 0.463 e. The SMILES string of the molecule is CCOC(=O)C=C(ON=C(N)C1(OCCO)CCN(Cc2cc(F)ccc2C)CC1)C(=O)OCC. The van der Waals surface area contributed by atoms with Gasteiger partial charge in [0, 0.05) is 19.6 Å². The molecule has 1 aliphatic rings. The molecule has 194 valence electrons. The fraction of sp³-hybridized carbons (Fsp3) is 0.542. The summed E-state index contributed by atoms with van der Waals surface area (Å²) in [4.78, 5) is 31.3. The van der Waals surface area contributed by atoms with Gasteiger partial charge in [0.2, 0.25) is 5.76 Å². The molecule has 1 aromatic carbocycles. The summed E-state index contributed by atoms with van der Waals surface area (Å²) in [6.45, 7) is 6.80. The monoisotopic (exact) mass is 495 g/mol. The highest BCUT2D eigenvalue weighted by atomic mass is 19.1. The number of hydrogen-bond donors (Lipinski definition) is 2. The number of likely N-dealkylation sites (tertiary alicyclic amines) is 1. The molecule has 0 radical (unpaired) electrons. The molecule has 1 fully saturated rings. The van der Waals surface area contributed by atoms with E-state index in [1.807, 2.05) is 6.92 Å². The average Bonchev–Trinajstić information content (AvgIpc) is 2.83. The Hall–Kier alpha value is -3.02. The molecule has 0 saturated carbocycles. The fourth-order valence-corrected chi connectivity index (χ4v) is 3.64. The van der Waals surface area contributed by atoms with E-state index in [9.17, 15) is 19.1 Å². The number of oxime groups is 1. The van der Waals surface area contributed by atoms with Gasteiger partial charge in [-0.15, -0.1) is 0 Å². The van der Waals surface area contributed by atoms with Gasteiger partial charge in [-0.3, -0.25) is 4.90 Å². The number of halogens is 1. The lowest BCUT2D eigenvalue weighted by atomic mass is 9.89. The normalized spacial score (nSPS) is 16.6. The molecule has 1 heterocycles. The van der Waals surface area contributed by atoms with Crippen LogP contribution in [0.1, 0.15) is 37.8 Å². The van der Waals surface area contributed by atoms with Crippen LogP contribution in [0.5, 0.6) is 0 Å². The summed E-state index contributed by atoms with van der Waals surface area (Å²) in [5.74, 6) is -2.51. The maximum Gasteiger partial charge on any atom is 0.377 e. The number of amidine groups is 1. The standard InChI is InChI=1S/C24H34FN3O7/c1-4-32-21(30)15-20(22(31)33-5-2)35-27-23(26)24(34-13-12-29)8-10-28(11-9-24)16-18-14-19(25)7-6-17(18)3/h6-7,14-15,29H,4-5,8-13,16H2,1-3H3,(H2,26,27). The van der Waals surface area contributed by atoms with E-state index in [1.165, 1.54) is 12.1 Å². The minimum Gasteiger partial charge on any atom is -0.463 e.